The molecule has 21 atom stereocenters. The average Bonchev–Trinajstić information content (AvgIpc) is 0.777. The lowest BCUT2D eigenvalue weighted by atomic mass is 9.67. The van der Waals surface area contributed by atoms with Crippen molar-refractivity contribution in [1.29, 1.82) is 0 Å². The molecule has 103 heavy (non-hydrogen) atoms. The van der Waals surface area contributed by atoms with Gasteiger partial charge in [0.25, 0.3) is 0 Å². The number of hydrogen-bond acceptors (Lipinski definition) is 8. The summed E-state index contributed by atoms with van der Waals surface area (Å²) in [5, 5.41) is 105. The smallest absolute Gasteiger partial charge is 0.0822 e. The average molecular weight is 1410 g/mol. The van der Waals surface area contributed by atoms with E-state index in [9.17, 15) is 40.9 Å². The third kappa shape index (κ3) is 17.4. The molecule has 8 nitrogen and oxygen atoms in total. The summed E-state index contributed by atoms with van der Waals surface area (Å²) in [5.41, 5.74) is 13.5. The van der Waals surface area contributed by atoms with Crippen molar-refractivity contribution in [3.05, 3.63) is 199 Å². The molecule has 1 saturated carbocycles. The van der Waals surface area contributed by atoms with Crippen LogP contribution in [0.2, 0.25) is 0 Å². The highest BCUT2D eigenvalue weighted by Gasteiger charge is 2.45. The number of terminal acetylenes is 1. The second-order valence-corrected chi connectivity index (χ2v) is 35.8. The van der Waals surface area contributed by atoms with E-state index in [-0.39, 0.29) is 57.7 Å². The summed E-state index contributed by atoms with van der Waals surface area (Å²) >= 11 is 0. The van der Waals surface area contributed by atoms with Crippen molar-refractivity contribution in [2.75, 3.05) is 0 Å². The third-order valence-corrected chi connectivity index (χ3v) is 28.1. The number of aliphatic hydroxyl groups excluding tert-OH is 8. The van der Waals surface area contributed by atoms with Crippen LogP contribution in [0.15, 0.2) is 199 Å². The van der Waals surface area contributed by atoms with Gasteiger partial charge in [0.1, 0.15) is 0 Å². The molecule has 0 amide bonds. The van der Waals surface area contributed by atoms with Crippen LogP contribution in [0.5, 0.6) is 0 Å². The van der Waals surface area contributed by atoms with E-state index < -0.39 is 83.3 Å². The maximum atomic E-state index is 13.2. The summed E-state index contributed by atoms with van der Waals surface area (Å²) < 4.78 is 0. The van der Waals surface area contributed by atoms with Crippen molar-refractivity contribution in [3.8, 4) is 12.3 Å². The van der Waals surface area contributed by atoms with Crippen LogP contribution < -0.4 is 0 Å². The number of rotatable bonds is 17. The molecule has 0 aromatic rings. The van der Waals surface area contributed by atoms with Crippen molar-refractivity contribution < 1.29 is 40.9 Å². The van der Waals surface area contributed by atoms with Gasteiger partial charge in [0.05, 0.1) is 54.2 Å². The monoisotopic (exact) mass is 1410 g/mol. The summed E-state index contributed by atoms with van der Waals surface area (Å²) in [5.74, 6) is 0.456. The van der Waals surface area contributed by atoms with E-state index in [2.05, 4.69) is 241 Å². The summed E-state index contributed by atoms with van der Waals surface area (Å²) in [6.45, 7) is 46.4. The van der Waals surface area contributed by atoms with Crippen LogP contribution in [-0.2, 0) is 0 Å². The summed E-state index contributed by atoms with van der Waals surface area (Å²) in [4.78, 5) is 0. The Hall–Kier alpha value is -5.18. The van der Waals surface area contributed by atoms with E-state index in [1.165, 1.54) is 0 Å². The van der Waals surface area contributed by atoms with Crippen LogP contribution in [-0.4, -0.2) is 89.7 Å². The van der Waals surface area contributed by atoms with Gasteiger partial charge in [-0.05, 0) is 233 Å². The van der Waals surface area contributed by atoms with Crippen LogP contribution in [0.1, 0.15) is 234 Å². The van der Waals surface area contributed by atoms with Crippen LogP contribution >= 0.6 is 0 Å². The topological polar surface area (TPSA) is 162 Å². The molecule has 0 radical (unpaired) electrons. The Morgan fingerprint density at radius 2 is 0.612 bits per heavy atom. The number of hydrogen-bond donors (Lipinski definition) is 8. The zero-order chi connectivity index (χ0) is 75.7. The van der Waals surface area contributed by atoms with E-state index in [1.807, 2.05) is 6.08 Å². The molecule has 0 saturated heterocycles. The molecule has 0 spiro atoms. The van der Waals surface area contributed by atoms with Crippen LogP contribution in [0, 0.1) is 105 Å². The fourth-order valence-corrected chi connectivity index (χ4v) is 17.6. The van der Waals surface area contributed by atoms with E-state index in [0.29, 0.717) is 57.8 Å². The quantitative estimate of drug-likeness (QED) is 0.0527. The summed E-state index contributed by atoms with van der Waals surface area (Å²) in [6.07, 6.45) is 46.1. The Morgan fingerprint density at radius 1 is 0.359 bits per heavy atom. The molecule has 8 heteroatoms. The van der Waals surface area contributed by atoms with Crippen molar-refractivity contribution in [1.82, 2.24) is 0 Å². The SMILES string of the molecule is C#CC(C)(CC)C1=CC2CC3C=C(C(C)(C)CC)C=C(CC4C=C([C@@H](C)CC)C=C(CC5C=C(C(C)(C)CC)C=C(CC6=CC([C@@H](C)CC)=CC(CC7=CC([C@@H](C)CC)=CC(CC8C=C(C(C)(C=C)CC)C=C(CC9=CC(C(C)(C)CC)=CC(CC(=C1)C2O)C9O)C8O)C7O)C6O)C5O)C4O)C3O. The Kier molecular flexibility index (Phi) is 26.3. The second kappa shape index (κ2) is 33.1. The minimum Gasteiger partial charge on any atom is -0.388 e. The summed E-state index contributed by atoms with van der Waals surface area (Å²) in [7, 11) is 0. The molecular formula is C95H136O8. The molecule has 9 rings (SSSR count). The van der Waals surface area contributed by atoms with Gasteiger partial charge < -0.3 is 40.9 Å². The van der Waals surface area contributed by atoms with Crippen molar-refractivity contribution in [2.24, 2.45) is 92.2 Å². The Labute approximate surface area is 624 Å². The molecule has 9 aliphatic rings. The minimum absolute atomic E-state index is 0.182. The van der Waals surface area contributed by atoms with Gasteiger partial charge in [0.15, 0.2) is 0 Å². The number of fused-ring (bicyclic) bond motifs is 16. The molecule has 18 unspecified atom stereocenters. The van der Waals surface area contributed by atoms with Crippen molar-refractivity contribution in [2.45, 2.75) is 283 Å². The van der Waals surface area contributed by atoms with Crippen molar-refractivity contribution in [3.63, 3.8) is 0 Å². The first-order valence-electron chi connectivity index (χ1n) is 40.5. The third-order valence-electron chi connectivity index (χ3n) is 28.1. The highest BCUT2D eigenvalue weighted by atomic mass is 16.3. The molecule has 0 aliphatic heterocycles. The van der Waals surface area contributed by atoms with Gasteiger partial charge >= 0.3 is 0 Å². The zero-order valence-corrected chi connectivity index (χ0v) is 67.0. The first-order chi connectivity index (χ1) is 48.5. The molecule has 0 aromatic heterocycles. The minimum atomic E-state index is -0.970. The van der Waals surface area contributed by atoms with Gasteiger partial charge in [-0.15, -0.1) is 13.0 Å². The Bertz CT molecular complexity index is 3720. The predicted octanol–water partition coefficient (Wildman–Crippen LogP) is 20.0. The van der Waals surface area contributed by atoms with Crippen LogP contribution in [0.3, 0.4) is 0 Å². The van der Waals surface area contributed by atoms with Gasteiger partial charge in [0.2, 0.25) is 0 Å². The lowest BCUT2D eigenvalue weighted by molar-refractivity contribution is 0.0966. The first-order valence-corrected chi connectivity index (χ1v) is 40.5. The highest BCUT2D eigenvalue weighted by molar-refractivity contribution is 5.50. The van der Waals surface area contributed by atoms with Crippen molar-refractivity contribution >= 4 is 0 Å². The molecule has 0 aromatic carbocycles. The van der Waals surface area contributed by atoms with Crippen LogP contribution in [0.4, 0.5) is 0 Å². The highest BCUT2D eigenvalue weighted by Crippen LogP contribution is 2.52. The molecule has 9 aliphatic carbocycles. The van der Waals surface area contributed by atoms with E-state index in [4.69, 9.17) is 6.42 Å². The molecule has 16 bridgehead atoms. The molecular weight excluding hydrogens is 1270 g/mol. The number of aliphatic hydroxyl groups is 8. The first kappa shape index (κ1) is 81.9. The van der Waals surface area contributed by atoms with Gasteiger partial charge in [0, 0.05) is 52.8 Å². The van der Waals surface area contributed by atoms with Crippen LogP contribution in [0.25, 0.3) is 0 Å². The van der Waals surface area contributed by atoms with E-state index in [0.717, 1.165) is 134 Å². The maximum Gasteiger partial charge on any atom is 0.0822 e. The maximum absolute atomic E-state index is 13.2. The molecule has 8 N–H and O–H groups in total. The molecule has 564 valence electrons. The zero-order valence-electron chi connectivity index (χ0n) is 67.0. The van der Waals surface area contributed by atoms with E-state index >= 15 is 0 Å². The van der Waals surface area contributed by atoms with E-state index in [1.54, 1.807) is 0 Å². The predicted molar refractivity (Wildman–Crippen MR) is 429 cm³/mol. The lowest BCUT2D eigenvalue weighted by Crippen LogP contribution is -2.37. The largest absolute Gasteiger partial charge is 0.388 e. The Morgan fingerprint density at radius 3 is 0.951 bits per heavy atom. The molecule has 1 fully saturated rings. The standard InChI is InChI=1S/C95H136O8/c1-22-56(11)59-32-62-38-63-33-60(57(12)23-2)37-67(84(63)97)42-74-52-81(94(20,28-7)29-8)53-75(89(74)102)44-72-50-80(93(18,19)27-6)51-73(88(72)101)45-77-55-82(95(21,30-9)31-10)54-76(90(77)103)43-71-49-79(92(16,17)26-5)48-70(87(71)100)41-66-36-61(58(13)24-3)35-65(85(66)98)40-69-47-78(91(14,15)25-4)46-68(86(69)99)39-64(34-59)83(62)96/h9,28,32-37,46-58,62,66-67,69,71,73-74,76,83-90,96-103H,7,22-27,29,31,38-45H2,1-6,8,10-21H3/t56-,57-,58-,62?,66?,67?,69?,71?,73?,74?,76?,83?,84?,85?,86?,87?,88?,89?,90?,94?,95?/m0/s1. The normalized spacial score (nSPS) is 33.4. The Balaban J connectivity index is 1.21. The molecule has 0 heterocycles. The van der Waals surface area contributed by atoms with Gasteiger partial charge in [-0.25, -0.2) is 0 Å². The summed E-state index contributed by atoms with van der Waals surface area (Å²) in [6, 6.07) is 0. The lowest BCUT2D eigenvalue weighted by Gasteiger charge is -2.41. The van der Waals surface area contributed by atoms with Gasteiger partial charge in [-0.3, -0.25) is 0 Å². The van der Waals surface area contributed by atoms with Gasteiger partial charge in [-0.2, -0.15) is 0 Å². The second-order valence-electron chi connectivity index (χ2n) is 35.8. The fourth-order valence-electron chi connectivity index (χ4n) is 17.6. The van der Waals surface area contributed by atoms with Gasteiger partial charge in [-0.1, -0.05) is 234 Å². The number of allylic oxidation sites excluding steroid dienone is 17. The fraction of sp³-hybridized carbons (Fsp3) is 0.621.